The summed E-state index contributed by atoms with van der Waals surface area (Å²) in [4.78, 5) is 16.6. The molecule has 27 heavy (non-hydrogen) atoms. The van der Waals surface area contributed by atoms with Gasteiger partial charge < -0.3 is 15.2 Å². The van der Waals surface area contributed by atoms with Crippen LogP contribution in [0.5, 0.6) is 11.6 Å². The van der Waals surface area contributed by atoms with Gasteiger partial charge in [0.1, 0.15) is 11.3 Å². The van der Waals surface area contributed by atoms with Gasteiger partial charge in [0.25, 0.3) is 5.91 Å². The summed E-state index contributed by atoms with van der Waals surface area (Å²) in [5.41, 5.74) is 0.193. The fourth-order valence-electron chi connectivity index (χ4n) is 2.86. The van der Waals surface area contributed by atoms with Gasteiger partial charge in [0.15, 0.2) is 0 Å². The largest absolute Gasteiger partial charge is 0.506 e. The van der Waals surface area contributed by atoms with E-state index in [0.29, 0.717) is 19.7 Å². The molecule has 1 aliphatic heterocycles. The maximum atomic E-state index is 12.7. The van der Waals surface area contributed by atoms with Crippen LogP contribution in [0, 0.1) is 0 Å². The van der Waals surface area contributed by atoms with Crippen LogP contribution < -0.4 is 10.1 Å². The third-order valence-electron chi connectivity index (χ3n) is 4.22. The van der Waals surface area contributed by atoms with Gasteiger partial charge in [-0.15, -0.1) is 0 Å². The van der Waals surface area contributed by atoms with Gasteiger partial charge >= 0.3 is 0 Å². The molecule has 1 saturated heterocycles. The molecule has 0 saturated carbocycles. The zero-order chi connectivity index (χ0) is 19.4. The van der Waals surface area contributed by atoms with Gasteiger partial charge in [-0.05, 0) is 50.1 Å². The first-order valence-electron chi connectivity index (χ1n) is 8.66. The highest BCUT2D eigenvalue weighted by atomic mass is 32.2. The molecular formula is C18H21N3O5S. The average molecular weight is 391 g/mol. The molecule has 0 spiro atoms. The second kappa shape index (κ2) is 7.93. The number of hydrogen-bond donors (Lipinski definition) is 2. The van der Waals surface area contributed by atoms with Crippen molar-refractivity contribution in [2.75, 3.05) is 25.0 Å². The Balaban J connectivity index is 1.88. The van der Waals surface area contributed by atoms with Crippen LogP contribution in [0.1, 0.15) is 30.1 Å². The van der Waals surface area contributed by atoms with Crippen LogP contribution in [0.4, 0.5) is 5.69 Å². The van der Waals surface area contributed by atoms with Crippen LogP contribution in [-0.4, -0.2) is 48.4 Å². The quantitative estimate of drug-likeness (QED) is 0.731. The fourth-order valence-corrected chi connectivity index (χ4v) is 4.40. The predicted molar refractivity (Wildman–Crippen MR) is 99.5 cm³/mol. The van der Waals surface area contributed by atoms with Gasteiger partial charge in [-0.3, -0.25) is 4.79 Å². The Bertz CT molecular complexity index is 940. The van der Waals surface area contributed by atoms with Crippen molar-refractivity contribution < 1.29 is 23.1 Å². The number of ether oxygens (including phenoxy) is 1. The van der Waals surface area contributed by atoms with E-state index < -0.39 is 15.9 Å². The lowest BCUT2D eigenvalue weighted by Crippen LogP contribution is -2.28. The third-order valence-corrected chi connectivity index (χ3v) is 6.11. The number of phenols is 1. The lowest BCUT2D eigenvalue weighted by Gasteiger charge is -2.17. The Kier molecular flexibility index (Phi) is 5.62. The van der Waals surface area contributed by atoms with E-state index in [9.17, 15) is 18.3 Å². The Hall–Kier alpha value is -2.65. The number of amides is 1. The molecule has 2 N–H and O–H groups in total. The number of sulfonamides is 1. The molecule has 0 atom stereocenters. The maximum Gasteiger partial charge on any atom is 0.261 e. The first-order chi connectivity index (χ1) is 12.9. The van der Waals surface area contributed by atoms with Crippen molar-refractivity contribution in [3.8, 4) is 11.6 Å². The Morgan fingerprint density at radius 2 is 2.04 bits per heavy atom. The summed E-state index contributed by atoms with van der Waals surface area (Å²) in [6.45, 7) is 3.05. The zero-order valence-corrected chi connectivity index (χ0v) is 15.7. The maximum absolute atomic E-state index is 12.7. The number of phenolic OH excluding ortho intramolecular Hbond substituents is 1. The number of hydrogen-bond acceptors (Lipinski definition) is 6. The summed E-state index contributed by atoms with van der Waals surface area (Å²) < 4.78 is 32.1. The summed E-state index contributed by atoms with van der Waals surface area (Å²) >= 11 is 0. The first-order valence-corrected chi connectivity index (χ1v) is 10.1. The number of carbonyl (C=O) groups excluding carboxylic acids is 1. The smallest absolute Gasteiger partial charge is 0.261 e. The molecule has 0 bridgehead atoms. The number of pyridine rings is 1. The molecule has 0 radical (unpaired) electrons. The van der Waals surface area contributed by atoms with Crippen molar-refractivity contribution in [2.24, 2.45) is 0 Å². The van der Waals surface area contributed by atoms with Crippen LogP contribution in [0.15, 0.2) is 41.4 Å². The highest BCUT2D eigenvalue weighted by molar-refractivity contribution is 7.89. The van der Waals surface area contributed by atoms with Crippen molar-refractivity contribution in [1.82, 2.24) is 9.29 Å². The highest BCUT2D eigenvalue weighted by Gasteiger charge is 2.28. The highest BCUT2D eigenvalue weighted by Crippen LogP contribution is 2.30. The summed E-state index contributed by atoms with van der Waals surface area (Å²) in [5, 5.41) is 12.6. The number of nitrogens with zero attached hydrogens (tertiary/aromatic N) is 2. The van der Waals surface area contributed by atoms with Gasteiger partial charge in [-0.25, -0.2) is 13.4 Å². The molecule has 9 heteroatoms. The average Bonchev–Trinajstić information content (AvgIpc) is 3.19. The van der Waals surface area contributed by atoms with Crippen LogP contribution in [0.3, 0.4) is 0 Å². The standard InChI is InChI=1S/C18H21N3O5S/c1-2-26-18-14(6-5-9-19-18)17(23)20-15-12-13(7-8-16(15)22)27(24,25)21-10-3-4-11-21/h5-9,12,22H,2-4,10-11H2,1H3,(H,20,23). The van der Waals surface area contributed by atoms with Gasteiger partial charge in [0, 0.05) is 19.3 Å². The van der Waals surface area contributed by atoms with Gasteiger partial charge in [0.2, 0.25) is 15.9 Å². The monoisotopic (exact) mass is 391 g/mol. The SMILES string of the molecule is CCOc1ncccc1C(=O)Nc1cc(S(=O)(=O)N2CCCC2)ccc1O. The summed E-state index contributed by atoms with van der Waals surface area (Å²) in [5.74, 6) is -0.624. The lowest BCUT2D eigenvalue weighted by molar-refractivity contribution is 0.102. The van der Waals surface area contributed by atoms with E-state index in [1.54, 1.807) is 13.0 Å². The first kappa shape index (κ1) is 19.1. The molecule has 0 aliphatic carbocycles. The number of rotatable bonds is 6. The van der Waals surface area contributed by atoms with Crippen molar-refractivity contribution >= 4 is 21.6 Å². The van der Waals surface area contributed by atoms with Crippen LogP contribution in [0.2, 0.25) is 0 Å². The Morgan fingerprint density at radius 1 is 1.30 bits per heavy atom. The third kappa shape index (κ3) is 4.04. The molecule has 1 aromatic heterocycles. The van der Waals surface area contributed by atoms with E-state index in [-0.39, 0.29) is 27.8 Å². The van der Waals surface area contributed by atoms with E-state index >= 15 is 0 Å². The van der Waals surface area contributed by atoms with Crippen LogP contribution in [-0.2, 0) is 10.0 Å². The fraction of sp³-hybridized carbons (Fsp3) is 0.333. The van der Waals surface area contributed by atoms with Crippen molar-refractivity contribution in [1.29, 1.82) is 0 Å². The molecule has 0 unspecified atom stereocenters. The molecule has 1 aromatic carbocycles. The second-order valence-electron chi connectivity index (χ2n) is 6.03. The van der Waals surface area contributed by atoms with E-state index in [2.05, 4.69) is 10.3 Å². The van der Waals surface area contributed by atoms with Crippen LogP contribution in [0.25, 0.3) is 0 Å². The van der Waals surface area contributed by atoms with E-state index in [1.807, 2.05) is 0 Å². The number of carbonyl (C=O) groups is 1. The lowest BCUT2D eigenvalue weighted by atomic mass is 10.2. The van der Waals surface area contributed by atoms with Crippen LogP contribution >= 0.6 is 0 Å². The minimum absolute atomic E-state index is 0.00609. The topological polar surface area (TPSA) is 109 Å². The molecule has 2 aromatic rings. The number of aromatic hydroxyl groups is 1. The van der Waals surface area contributed by atoms with Crippen molar-refractivity contribution in [3.63, 3.8) is 0 Å². The molecule has 144 valence electrons. The molecule has 3 rings (SSSR count). The summed E-state index contributed by atoms with van der Waals surface area (Å²) in [7, 11) is -3.66. The molecule has 2 heterocycles. The molecule has 1 fully saturated rings. The minimum Gasteiger partial charge on any atom is -0.506 e. The minimum atomic E-state index is -3.66. The molecule has 1 aliphatic rings. The van der Waals surface area contributed by atoms with Gasteiger partial charge in [0.05, 0.1) is 17.2 Å². The van der Waals surface area contributed by atoms with E-state index in [1.165, 1.54) is 34.8 Å². The number of aromatic nitrogens is 1. The van der Waals surface area contributed by atoms with Crippen molar-refractivity contribution in [3.05, 3.63) is 42.1 Å². The van der Waals surface area contributed by atoms with Gasteiger partial charge in [-0.1, -0.05) is 0 Å². The predicted octanol–water partition coefficient (Wildman–Crippen LogP) is 2.22. The molecule has 1 amide bonds. The Labute approximate surface area is 157 Å². The molecule has 8 nitrogen and oxygen atoms in total. The van der Waals surface area contributed by atoms with Crippen molar-refractivity contribution in [2.45, 2.75) is 24.7 Å². The zero-order valence-electron chi connectivity index (χ0n) is 14.9. The molecular weight excluding hydrogens is 370 g/mol. The van der Waals surface area contributed by atoms with E-state index in [0.717, 1.165) is 12.8 Å². The number of nitrogens with one attached hydrogen (secondary N) is 1. The summed E-state index contributed by atoms with van der Waals surface area (Å²) in [6, 6.07) is 6.97. The Morgan fingerprint density at radius 3 is 2.74 bits per heavy atom. The normalized spacial score (nSPS) is 14.9. The number of benzene rings is 1. The van der Waals surface area contributed by atoms with E-state index in [4.69, 9.17) is 4.74 Å². The van der Waals surface area contributed by atoms with Gasteiger partial charge in [-0.2, -0.15) is 4.31 Å². The number of anilines is 1. The second-order valence-corrected chi connectivity index (χ2v) is 7.97. The summed E-state index contributed by atoms with van der Waals surface area (Å²) in [6.07, 6.45) is 3.15.